The first-order valence-corrected chi connectivity index (χ1v) is 9.06. The number of pyridine rings is 1. The van der Waals surface area contributed by atoms with Gasteiger partial charge in [0.05, 0.1) is 7.11 Å². The highest BCUT2D eigenvalue weighted by molar-refractivity contribution is 5.92. The number of amides is 1. The molecule has 1 N–H and O–H groups in total. The summed E-state index contributed by atoms with van der Waals surface area (Å²) < 4.78 is 16.1. The average molecular weight is 382 g/mol. The van der Waals surface area contributed by atoms with Gasteiger partial charge >= 0.3 is 0 Å². The summed E-state index contributed by atoms with van der Waals surface area (Å²) in [6.45, 7) is 2.04. The predicted molar refractivity (Wildman–Crippen MR) is 103 cm³/mol. The molecule has 1 aromatic carbocycles. The summed E-state index contributed by atoms with van der Waals surface area (Å²) in [5.41, 5.74) is 0.487. The minimum Gasteiger partial charge on any atom is -0.497 e. The van der Waals surface area contributed by atoms with Gasteiger partial charge in [0.15, 0.2) is 5.82 Å². The van der Waals surface area contributed by atoms with Crippen LogP contribution >= 0.6 is 0 Å². The molecule has 146 valence electrons. The van der Waals surface area contributed by atoms with Crippen molar-refractivity contribution in [3.8, 4) is 17.4 Å². The lowest BCUT2D eigenvalue weighted by atomic mass is 10.2. The number of methoxy groups -OCH3 is 1. The molecule has 2 heterocycles. The van der Waals surface area contributed by atoms with Crippen molar-refractivity contribution in [1.29, 1.82) is 0 Å². The summed E-state index contributed by atoms with van der Waals surface area (Å²) >= 11 is 0. The van der Waals surface area contributed by atoms with E-state index in [0.29, 0.717) is 35.5 Å². The standard InChI is InChI=1S/C20H22N4O4/c1-3-5-17-23-19(28-24-17)12-11-18(25)22-16-6-4-13-21-20(16)27-15-9-7-14(26-2)8-10-15/h4,6-10,13H,3,5,11-12H2,1-2H3,(H,22,25). The van der Waals surface area contributed by atoms with Crippen molar-refractivity contribution in [1.82, 2.24) is 15.1 Å². The van der Waals surface area contributed by atoms with E-state index in [1.165, 1.54) is 0 Å². The number of hydrogen-bond acceptors (Lipinski definition) is 7. The van der Waals surface area contributed by atoms with Gasteiger partial charge in [0.1, 0.15) is 17.2 Å². The molecule has 3 rings (SSSR count). The molecule has 3 aromatic rings. The van der Waals surface area contributed by atoms with E-state index in [4.69, 9.17) is 14.0 Å². The normalized spacial score (nSPS) is 10.5. The molecule has 0 spiro atoms. The summed E-state index contributed by atoms with van der Waals surface area (Å²) in [4.78, 5) is 20.8. The van der Waals surface area contributed by atoms with E-state index < -0.39 is 0 Å². The van der Waals surface area contributed by atoms with Gasteiger partial charge in [0.25, 0.3) is 0 Å². The number of aryl methyl sites for hydroxylation is 2. The Kier molecular flexibility index (Phi) is 6.56. The summed E-state index contributed by atoms with van der Waals surface area (Å²) in [7, 11) is 1.60. The predicted octanol–water partition coefficient (Wildman–Crippen LogP) is 3.79. The molecule has 0 saturated carbocycles. The largest absolute Gasteiger partial charge is 0.497 e. The van der Waals surface area contributed by atoms with E-state index in [2.05, 4.69) is 20.4 Å². The zero-order chi connectivity index (χ0) is 19.8. The van der Waals surface area contributed by atoms with Crippen LogP contribution in [0.3, 0.4) is 0 Å². The number of benzene rings is 1. The molecule has 8 nitrogen and oxygen atoms in total. The number of carbonyl (C=O) groups excluding carboxylic acids is 1. The van der Waals surface area contributed by atoms with Crippen molar-refractivity contribution >= 4 is 11.6 Å². The SMILES string of the molecule is CCCc1noc(CCC(=O)Nc2cccnc2Oc2ccc(OC)cc2)n1. The average Bonchev–Trinajstić information content (AvgIpc) is 3.16. The zero-order valence-corrected chi connectivity index (χ0v) is 15.8. The third-order valence-corrected chi connectivity index (χ3v) is 3.87. The second-order valence-electron chi connectivity index (χ2n) is 6.04. The Morgan fingerprint density at radius 3 is 2.68 bits per heavy atom. The Labute approximate surface area is 162 Å². The Morgan fingerprint density at radius 2 is 1.93 bits per heavy atom. The van der Waals surface area contributed by atoms with Crippen LogP contribution in [0.4, 0.5) is 5.69 Å². The molecule has 28 heavy (non-hydrogen) atoms. The number of aromatic nitrogens is 3. The van der Waals surface area contributed by atoms with Crippen LogP contribution in [0, 0.1) is 0 Å². The number of ether oxygens (including phenoxy) is 2. The zero-order valence-electron chi connectivity index (χ0n) is 15.8. The van der Waals surface area contributed by atoms with Crippen LogP contribution < -0.4 is 14.8 Å². The van der Waals surface area contributed by atoms with E-state index in [0.717, 1.165) is 18.6 Å². The lowest BCUT2D eigenvalue weighted by molar-refractivity contribution is -0.116. The summed E-state index contributed by atoms with van der Waals surface area (Å²) in [5, 5.41) is 6.70. The minimum atomic E-state index is -0.192. The van der Waals surface area contributed by atoms with Crippen molar-refractivity contribution in [3.05, 3.63) is 54.3 Å². The highest BCUT2D eigenvalue weighted by atomic mass is 16.5. The molecule has 0 fully saturated rings. The first-order chi connectivity index (χ1) is 13.7. The van der Waals surface area contributed by atoms with Gasteiger partial charge in [0.2, 0.25) is 17.7 Å². The minimum absolute atomic E-state index is 0.192. The fraction of sp³-hybridized carbons (Fsp3) is 0.300. The smallest absolute Gasteiger partial charge is 0.243 e. The first kappa shape index (κ1) is 19.3. The Bertz CT molecular complexity index is 909. The van der Waals surface area contributed by atoms with Crippen molar-refractivity contribution in [3.63, 3.8) is 0 Å². The maximum absolute atomic E-state index is 12.3. The molecule has 1 amide bonds. The molecule has 0 unspecified atom stereocenters. The first-order valence-electron chi connectivity index (χ1n) is 9.06. The molecule has 8 heteroatoms. The van der Waals surface area contributed by atoms with Crippen molar-refractivity contribution in [2.45, 2.75) is 32.6 Å². The van der Waals surface area contributed by atoms with E-state index in [1.807, 2.05) is 6.92 Å². The third-order valence-electron chi connectivity index (χ3n) is 3.87. The Hall–Kier alpha value is -3.42. The van der Waals surface area contributed by atoms with Crippen LogP contribution in [0.1, 0.15) is 31.5 Å². The van der Waals surface area contributed by atoms with Crippen LogP contribution in [-0.2, 0) is 17.6 Å². The van der Waals surface area contributed by atoms with Gasteiger partial charge in [-0.1, -0.05) is 12.1 Å². The van der Waals surface area contributed by atoms with Gasteiger partial charge in [-0.3, -0.25) is 4.79 Å². The van der Waals surface area contributed by atoms with Gasteiger partial charge in [-0.05, 0) is 42.8 Å². The highest BCUT2D eigenvalue weighted by Gasteiger charge is 2.12. The summed E-state index contributed by atoms with van der Waals surface area (Å²) in [6.07, 6.45) is 3.89. The van der Waals surface area contributed by atoms with E-state index in [1.54, 1.807) is 49.7 Å². The van der Waals surface area contributed by atoms with Gasteiger partial charge in [-0.15, -0.1) is 0 Å². The van der Waals surface area contributed by atoms with Gasteiger partial charge in [-0.25, -0.2) is 4.98 Å². The molecule has 0 saturated heterocycles. The second kappa shape index (κ2) is 9.50. The van der Waals surface area contributed by atoms with Crippen LogP contribution in [-0.4, -0.2) is 28.1 Å². The van der Waals surface area contributed by atoms with E-state index >= 15 is 0 Å². The van der Waals surface area contributed by atoms with Gasteiger partial charge in [-0.2, -0.15) is 4.98 Å². The molecule has 2 aromatic heterocycles. The van der Waals surface area contributed by atoms with E-state index in [9.17, 15) is 4.79 Å². The number of nitrogens with zero attached hydrogens (tertiary/aromatic N) is 3. The maximum atomic E-state index is 12.3. The molecule has 0 radical (unpaired) electrons. The number of nitrogens with one attached hydrogen (secondary N) is 1. The lowest BCUT2D eigenvalue weighted by Crippen LogP contribution is -2.13. The monoisotopic (exact) mass is 382 g/mol. The van der Waals surface area contributed by atoms with Crippen LogP contribution in [0.5, 0.6) is 17.4 Å². The fourth-order valence-corrected chi connectivity index (χ4v) is 2.47. The molecule has 0 aliphatic heterocycles. The molecule has 0 bridgehead atoms. The molecular formula is C20H22N4O4. The summed E-state index contributed by atoms with van der Waals surface area (Å²) in [5.74, 6) is 2.56. The van der Waals surface area contributed by atoms with Crippen molar-refractivity contribution in [2.24, 2.45) is 0 Å². The van der Waals surface area contributed by atoms with Crippen LogP contribution in [0.25, 0.3) is 0 Å². The maximum Gasteiger partial charge on any atom is 0.243 e. The van der Waals surface area contributed by atoms with Gasteiger partial charge in [0, 0.05) is 25.5 Å². The Balaban J connectivity index is 1.59. The number of hydrogen-bond donors (Lipinski definition) is 1. The number of anilines is 1. The molecule has 0 aliphatic carbocycles. The van der Waals surface area contributed by atoms with E-state index in [-0.39, 0.29) is 12.3 Å². The number of carbonyl (C=O) groups is 1. The van der Waals surface area contributed by atoms with Crippen molar-refractivity contribution in [2.75, 3.05) is 12.4 Å². The quantitative estimate of drug-likeness (QED) is 0.601. The van der Waals surface area contributed by atoms with Crippen LogP contribution in [0.15, 0.2) is 47.1 Å². The fourth-order valence-electron chi connectivity index (χ4n) is 2.47. The second-order valence-corrected chi connectivity index (χ2v) is 6.04. The van der Waals surface area contributed by atoms with Gasteiger partial charge < -0.3 is 19.3 Å². The number of rotatable bonds is 9. The summed E-state index contributed by atoms with van der Waals surface area (Å²) in [6, 6.07) is 10.6. The van der Waals surface area contributed by atoms with Crippen molar-refractivity contribution < 1.29 is 18.8 Å². The topological polar surface area (TPSA) is 99.4 Å². The van der Waals surface area contributed by atoms with Crippen LogP contribution in [0.2, 0.25) is 0 Å². The lowest BCUT2D eigenvalue weighted by Gasteiger charge is -2.11. The third kappa shape index (κ3) is 5.29. The molecule has 0 atom stereocenters. The molecular weight excluding hydrogens is 360 g/mol. The highest BCUT2D eigenvalue weighted by Crippen LogP contribution is 2.28. The Morgan fingerprint density at radius 1 is 1.14 bits per heavy atom. The molecule has 0 aliphatic rings.